The molecule has 0 unspecified atom stereocenters. The first-order valence-electron chi connectivity index (χ1n) is 17.2. The lowest BCUT2D eigenvalue weighted by atomic mass is 9.66. The number of hydrogen-bond donors (Lipinski definition) is 0. The molecule has 0 aliphatic heterocycles. The van der Waals surface area contributed by atoms with Gasteiger partial charge < -0.3 is 0 Å². The molecular formula is C46H36N2. The molecule has 0 radical (unpaired) electrons. The van der Waals surface area contributed by atoms with Crippen molar-refractivity contribution >= 4 is 0 Å². The van der Waals surface area contributed by atoms with Gasteiger partial charge >= 0.3 is 0 Å². The summed E-state index contributed by atoms with van der Waals surface area (Å²) in [5, 5.41) is 0. The molecule has 6 aromatic carbocycles. The van der Waals surface area contributed by atoms with E-state index in [-0.39, 0.29) is 5.41 Å². The Morgan fingerprint density at radius 3 is 1.65 bits per heavy atom. The smallest absolute Gasteiger partial charge is 0.160 e. The zero-order valence-electron chi connectivity index (χ0n) is 26.9. The molecule has 1 saturated carbocycles. The quantitative estimate of drug-likeness (QED) is 0.192. The van der Waals surface area contributed by atoms with E-state index in [9.17, 15) is 0 Å². The zero-order valence-corrected chi connectivity index (χ0v) is 26.9. The van der Waals surface area contributed by atoms with Gasteiger partial charge in [-0.05, 0) is 75.5 Å². The van der Waals surface area contributed by atoms with Gasteiger partial charge in [-0.1, -0.05) is 159 Å². The molecule has 1 aromatic heterocycles. The van der Waals surface area contributed by atoms with Crippen molar-refractivity contribution in [2.24, 2.45) is 0 Å². The van der Waals surface area contributed by atoms with Crippen LogP contribution in [0.15, 0.2) is 158 Å². The molecule has 1 spiro atoms. The molecule has 0 amide bonds. The Morgan fingerprint density at radius 2 is 0.896 bits per heavy atom. The first-order valence-corrected chi connectivity index (χ1v) is 17.2. The second-order valence-corrected chi connectivity index (χ2v) is 13.3. The minimum absolute atomic E-state index is 0.108. The van der Waals surface area contributed by atoms with E-state index in [0.717, 1.165) is 33.9 Å². The Kier molecular flexibility index (Phi) is 7.08. The number of rotatable bonds is 5. The van der Waals surface area contributed by atoms with E-state index in [1.165, 1.54) is 71.0 Å². The lowest BCUT2D eigenvalue weighted by molar-refractivity contribution is 0.353. The van der Waals surface area contributed by atoms with Crippen LogP contribution in [0.4, 0.5) is 0 Å². The summed E-state index contributed by atoms with van der Waals surface area (Å²) in [5.74, 6) is 0.731. The van der Waals surface area contributed by atoms with Gasteiger partial charge in [0, 0.05) is 22.1 Å². The average molecular weight is 617 g/mol. The predicted molar refractivity (Wildman–Crippen MR) is 199 cm³/mol. The molecule has 9 rings (SSSR count). The number of aromatic nitrogens is 2. The van der Waals surface area contributed by atoms with Crippen LogP contribution in [0.25, 0.3) is 67.3 Å². The Bertz CT molecular complexity index is 2200. The number of nitrogens with zero attached hydrogens (tertiary/aromatic N) is 2. The van der Waals surface area contributed by atoms with Crippen LogP contribution in [0, 0.1) is 0 Å². The van der Waals surface area contributed by atoms with Gasteiger partial charge in [0.2, 0.25) is 0 Å². The highest BCUT2D eigenvalue weighted by atomic mass is 14.9. The van der Waals surface area contributed by atoms with Crippen LogP contribution in [0.2, 0.25) is 0 Å². The van der Waals surface area contributed by atoms with Gasteiger partial charge in [0.15, 0.2) is 5.82 Å². The highest BCUT2D eigenvalue weighted by Gasteiger charge is 2.45. The topological polar surface area (TPSA) is 25.8 Å². The third-order valence-corrected chi connectivity index (χ3v) is 10.5. The van der Waals surface area contributed by atoms with Crippen molar-refractivity contribution in [2.45, 2.75) is 37.5 Å². The molecule has 2 heteroatoms. The van der Waals surface area contributed by atoms with Gasteiger partial charge in [-0.3, -0.25) is 0 Å². The van der Waals surface area contributed by atoms with Crippen LogP contribution in [0.3, 0.4) is 0 Å². The van der Waals surface area contributed by atoms with Crippen molar-refractivity contribution in [3.05, 3.63) is 169 Å². The summed E-state index contributed by atoms with van der Waals surface area (Å²) in [6, 6.07) is 56.8. The van der Waals surface area contributed by atoms with Gasteiger partial charge in [0.1, 0.15) is 0 Å². The summed E-state index contributed by atoms with van der Waals surface area (Å²) in [6.07, 6.45) is 6.36. The molecule has 0 N–H and O–H groups in total. The minimum atomic E-state index is 0.108. The second-order valence-electron chi connectivity index (χ2n) is 13.3. The van der Waals surface area contributed by atoms with E-state index in [4.69, 9.17) is 9.97 Å². The standard InChI is InChI=1S/C46H36N2/c1-4-15-32(16-5-1)42-31-43(48-45(47-42)33-17-6-2-7-18-33)37-22-13-20-35(30-37)34-19-12-21-36(29-34)38-24-14-25-40-39-23-8-9-26-41(39)46(44(38)40)27-10-3-11-28-46/h1-2,4-9,12-26,29-31H,3,10-11,27-28H2. The molecule has 1 heterocycles. The van der Waals surface area contributed by atoms with Crippen molar-refractivity contribution in [3.63, 3.8) is 0 Å². The van der Waals surface area contributed by atoms with Gasteiger partial charge in [-0.2, -0.15) is 0 Å². The highest BCUT2D eigenvalue weighted by Crippen LogP contribution is 2.58. The summed E-state index contributed by atoms with van der Waals surface area (Å²) < 4.78 is 0. The molecule has 48 heavy (non-hydrogen) atoms. The Hall–Kier alpha value is -5.60. The van der Waals surface area contributed by atoms with Crippen molar-refractivity contribution in [1.82, 2.24) is 9.97 Å². The van der Waals surface area contributed by atoms with Crippen molar-refractivity contribution in [3.8, 4) is 67.3 Å². The fourth-order valence-corrected chi connectivity index (χ4v) is 8.27. The maximum Gasteiger partial charge on any atom is 0.160 e. The van der Waals surface area contributed by atoms with Gasteiger partial charge in [0.05, 0.1) is 11.4 Å². The van der Waals surface area contributed by atoms with Crippen molar-refractivity contribution in [1.29, 1.82) is 0 Å². The van der Waals surface area contributed by atoms with Gasteiger partial charge in [-0.25, -0.2) is 9.97 Å². The van der Waals surface area contributed by atoms with Crippen LogP contribution in [-0.4, -0.2) is 9.97 Å². The normalized spacial score (nSPS) is 14.4. The van der Waals surface area contributed by atoms with E-state index in [1.807, 2.05) is 24.3 Å². The molecule has 0 atom stereocenters. The van der Waals surface area contributed by atoms with Crippen LogP contribution >= 0.6 is 0 Å². The molecular weight excluding hydrogens is 581 g/mol. The van der Waals surface area contributed by atoms with Gasteiger partial charge in [-0.15, -0.1) is 0 Å². The Balaban J connectivity index is 1.14. The first-order chi connectivity index (χ1) is 23.8. The molecule has 230 valence electrons. The summed E-state index contributed by atoms with van der Waals surface area (Å²) in [6.45, 7) is 0. The average Bonchev–Trinajstić information content (AvgIpc) is 3.44. The van der Waals surface area contributed by atoms with Crippen LogP contribution in [0.5, 0.6) is 0 Å². The van der Waals surface area contributed by atoms with E-state index in [1.54, 1.807) is 5.56 Å². The van der Waals surface area contributed by atoms with E-state index < -0.39 is 0 Å². The lowest BCUT2D eigenvalue weighted by Crippen LogP contribution is -2.28. The number of fused-ring (bicyclic) bond motifs is 5. The third kappa shape index (κ3) is 4.88. The molecule has 2 aliphatic carbocycles. The van der Waals surface area contributed by atoms with Crippen molar-refractivity contribution in [2.75, 3.05) is 0 Å². The lowest BCUT2D eigenvalue weighted by Gasteiger charge is -2.37. The fourth-order valence-electron chi connectivity index (χ4n) is 8.27. The summed E-state index contributed by atoms with van der Waals surface area (Å²) in [7, 11) is 0. The molecule has 2 aliphatic rings. The fraction of sp³-hybridized carbons (Fsp3) is 0.130. The molecule has 0 saturated heterocycles. The Morgan fingerprint density at radius 1 is 0.375 bits per heavy atom. The number of hydrogen-bond acceptors (Lipinski definition) is 2. The van der Waals surface area contributed by atoms with Gasteiger partial charge in [0.25, 0.3) is 0 Å². The molecule has 7 aromatic rings. The molecule has 1 fully saturated rings. The van der Waals surface area contributed by atoms with E-state index in [0.29, 0.717) is 0 Å². The largest absolute Gasteiger partial charge is 0.228 e. The maximum absolute atomic E-state index is 5.10. The number of benzene rings is 6. The SMILES string of the molecule is c1ccc(-c2cc(-c3cccc(-c4cccc(-c5cccc6c5C5(CCCCC5)c5ccccc5-6)c4)c3)nc(-c3ccccc3)n2)cc1. The first kappa shape index (κ1) is 28.6. The summed E-state index contributed by atoms with van der Waals surface area (Å²) in [4.78, 5) is 10.1. The summed E-state index contributed by atoms with van der Waals surface area (Å²) >= 11 is 0. The molecule has 2 nitrogen and oxygen atoms in total. The summed E-state index contributed by atoms with van der Waals surface area (Å²) in [5.41, 5.74) is 16.1. The zero-order chi connectivity index (χ0) is 31.9. The predicted octanol–water partition coefficient (Wildman–Crippen LogP) is 12.0. The van der Waals surface area contributed by atoms with Crippen molar-refractivity contribution < 1.29 is 0 Å². The second kappa shape index (κ2) is 11.9. The highest BCUT2D eigenvalue weighted by molar-refractivity contribution is 5.89. The van der Waals surface area contributed by atoms with Crippen LogP contribution in [0.1, 0.15) is 43.2 Å². The minimum Gasteiger partial charge on any atom is -0.228 e. The maximum atomic E-state index is 5.10. The molecule has 0 bridgehead atoms. The van der Waals surface area contributed by atoms with Crippen LogP contribution in [-0.2, 0) is 5.41 Å². The monoisotopic (exact) mass is 616 g/mol. The van der Waals surface area contributed by atoms with E-state index in [2.05, 4.69) is 133 Å². The Labute approximate surface area is 282 Å². The van der Waals surface area contributed by atoms with E-state index >= 15 is 0 Å². The third-order valence-electron chi connectivity index (χ3n) is 10.5. The van der Waals surface area contributed by atoms with Crippen LogP contribution < -0.4 is 0 Å².